The van der Waals surface area contributed by atoms with Crippen molar-refractivity contribution in [3.8, 4) is 0 Å². The molecule has 2 N–H and O–H groups in total. The van der Waals surface area contributed by atoms with E-state index >= 15 is 0 Å². The molecule has 0 aliphatic carbocycles. The number of hydrogen-bond donors (Lipinski definition) is 1. The average molecular weight is 253 g/mol. The lowest BCUT2D eigenvalue weighted by molar-refractivity contribution is -0.133. The zero-order valence-corrected chi connectivity index (χ0v) is 10.6. The van der Waals surface area contributed by atoms with Gasteiger partial charge < -0.3 is 15.4 Å². The van der Waals surface area contributed by atoms with Gasteiger partial charge in [0.2, 0.25) is 11.9 Å². The van der Waals surface area contributed by atoms with Crippen molar-refractivity contribution in [3.63, 3.8) is 0 Å². The highest BCUT2D eigenvalue weighted by molar-refractivity contribution is 5.75. The van der Waals surface area contributed by atoms with E-state index in [0.29, 0.717) is 6.54 Å². The minimum absolute atomic E-state index is 0.0194. The smallest absolute Gasteiger partial charge is 0.244 e. The minimum Gasteiger partial charge on any atom is -0.376 e. The third-order valence-electron chi connectivity index (χ3n) is 3.03. The molecule has 1 saturated heterocycles. The van der Waals surface area contributed by atoms with Crippen LogP contribution in [0.1, 0.15) is 19.3 Å². The molecule has 1 unspecified atom stereocenters. The molecule has 0 bridgehead atoms. The zero-order chi connectivity index (χ0) is 13.0. The number of anilines is 1. The fourth-order valence-electron chi connectivity index (χ4n) is 2.00. The molecule has 0 saturated carbocycles. The van der Waals surface area contributed by atoms with Crippen molar-refractivity contribution in [2.75, 3.05) is 25.9 Å². The summed E-state index contributed by atoms with van der Waals surface area (Å²) in [5.41, 5.74) is 5.39. The van der Waals surface area contributed by atoms with Gasteiger partial charge in [-0.25, -0.2) is 9.67 Å². The van der Waals surface area contributed by atoms with Crippen molar-refractivity contribution in [1.29, 1.82) is 0 Å². The molecule has 1 atom stereocenters. The second-order valence-corrected chi connectivity index (χ2v) is 4.56. The Morgan fingerprint density at radius 3 is 3.11 bits per heavy atom. The average Bonchev–Trinajstić information content (AvgIpc) is 2.76. The third kappa shape index (κ3) is 3.43. The number of likely N-dealkylation sites (N-methyl/N-ethyl adjacent to an activating group) is 1. The lowest BCUT2D eigenvalue weighted by Crippen LogP contribution is -2.38. The summed E-state index contributed by atoms with van der Waals surface area (Å²) in [5.74, 6) is 0.162. The molecule has 1 amide bonds. The minimum atomic E-state index is -0.0194. The largest absolute Gasteiger partial charge is 0.376 e. The molecule has 0 radical (unpaired) electrons. The molecule has 2 rings (SSSR count). The molecule has 18 heavy (non-hydrogen) atoms. The molecule has 1 aliphatic heterocycles. The van der Waals surface area contributed by atoms with Crippen LogP contribution in [0.5, 0.6) is 0 Å². The van der Waals surface area contributed by atoms with Gasteiger partial charge in [-0.15, -0.1) is 5.10 Å². The highest BCUT2D eigenvalue weighted by Crippen LogP contribution is 2.13. The Balaban J connectivity index is 1.80. The van der Waals surface area contributed by atoms with Gasteiger partial charge in [0.25, 0.3) is 0 Å². The van der Waals surface area contributed by atoms with Crippen LogP contribution in [0.4, 0.5) is 5.95 Å². The molecular formula is C11H19N5O2. The number of nitrogens with two attached hydrogens (primary N) is 1. The second-order valence-electron chi connectivity index (χ2n) is 4.56. The molecule has 0 spiro atoms. The van der Waals surface area contributed by atoms with E-state index in [1.54, 1.807) is 11.9 Å². The number of ether oxygens (including phenoxy) is 1. The number of nitrogens with zero attached hydrogens (tertiary/aromatic N) is 4. The van der Waals surface area contributed by atoms with Crippen molar-refractivity contribution in [2.45, 2.75) is 31.9 Å². The molecule has 7 nitrogen and oxygen atoms in total. The van der Waals surface area contributed by atoms with Gasteiger partial charge in [0.05, 0.1) is 6.10 Å². The van der Waals surface area contributed by atoms with E-state index in [0.717, 1.165) is 19.4 Å². The Hall–Kier alpha value is -1.63. The second kappa shape index (κ2) is 5.81. The predicted octanol–water partition coefficient (Wildman–Crippen LogP) is -0.112. The van der Waals surface area contributed by atoms with E-state index in [2.05, 4.69) is 10.1 Å². The van der Waals surface area contributed by atoms with Crippen LogP contribution >= 0.6 is 0 Å². The molecule has 2 heterocycles. The van der Waals surface area contributed by atoms with E-state index in [9.17, 15) is 4.79 Å². The van der Waals surface area contributed by atoms with Crippen LogP contribution in [-0.2, 0) is 16.1 Å². The molecule has 7 heteroatoms. The molecule has 0 aromatic carbocycles. The van der Waals surface area contributed by atoms with Crippen LogP contribution in [0.2, 0.25) is 0 Å². The van der Waals surface area contributed by atoms with Gasteiger partial charge in [-0.05, 0) is 19.3 Å². The maximum absolute atomic E-state index is 11.9. The number of hydrogen-bond acceptors (Lipinski definition) is 5. The van der Waals surface area contributed by atoms with Crippen LogP contribution in [-0.4, -0.2) is 51.9 Å². The SMILES string of the molecule is CN(CC1CCCCO1)C(=O)Cn1cnc(N)n1. The maximum Gasteiger partial charge on any atom is 0.244 e. The van der Waals surface area contributed by atoms with Gasteiger partial charge in [0.1, 0.15) is 12.9 Å². The lowest BCUT2D eigenvalue weighted by Gasteiger charge is -2.27. The van der Waals surface area contributed by atoms with Crippen LogP contribution in [0.25, 0.3) is 0 Å². The van der Waals surface area contributed by atoms with Crippen LogP contribution in [0.3, 0.4) is 0 Å². The number of aromatic nitrogens is 3. The van der Waals surface area contributed by atoms with Crippen molar-refractivity contribution < 1.29 is 9.53 Å². The van der Waals surface area contributed by atoms with Crippen molar-refractivity contribution in [2.24, 2.45) is 0 Å². The number of rotatable bonds is 4. The Morgan fingerprint density at radius 1 is 1.67 bits per heavy atom. The van der Waals surface area contributed by atoms with Gasteiger partial charge in [-0.1, -0.05) is 0 Å². The van der Waals surface area contributed by atoms with Crippen LogP contribution < -0.4 is 5.73 Å². The molecule has 1 aromatic heterocycles. The zero-order valence-electron chi connectivity index (χ0n) is 10.6. The van der Waals surface area contributed by atoms with E-state index in [-0.39, 0.29) is 24.5 Å². The first-order chi connectivity index (χ1) is 8.65. The van der Waals surface area contributed by atoms with Crippen molar-refractivity contribution in [1.82, 2.24) is 19.7 Å². The molecular weight excluding hydrogens is 234 g/mol. The van der Waals surface area contributed by atoms with E-state index in [1.807, 2.05) is 0 Å². The standard InChI is InChI=1S/C11H19N5O2/c1-15(6-9-4-2-3-5-18-9)10(17)7-16-8-13-11(12)14-16/h8-9H,2-7H2,1H3,(H2,12,14). The summed E-state index contributed by atoms with van der Waals surface area (Å²) in [6.45, 7) is 1.59. The summed E-state index contributed by atoms with van der Waals surface area (Å²) in [4.78, 5) is 17.4. The van der Waals surface area contributed by atoms with E-state index in [1.165, 1.54) is 17.4 Å². The molecule has 1 fully saturated rings. The first-order valence-corrected chi connectivity index (χ1v) is 6.15. The third-order valence-corrected chi connectivity index (χ3v) is 3.03. The summed E-state index contributed by atoms with van der Waals surface area (Å²) in [5, 5.41) is 3.88. The van der Waals surface area contributed by atoms with Gasteiger partial charge >= 0.3 is 0 Å². The lowest BCUT2D eigenvalue weighted by atomic mass is 10.1. The van der Waals surface area contributed by atoms with Crippen molar-refractivity contribution >= 4 is 11.9 Å². The number of carbonyl (C=O) groups is 1. The summed E-state index contributed by atoms with van der Waals surface area (Å²) in [6, 6.07) is 0. The van der Waals surface area contributed by atoms with Crippen molar-refractivity contribution in [3.05, 3.63) is 6.33 Å². The summed E-state index contributed by atoms with van der Waals surface area (Å²) < 4.78 is 7.04. The predicted molar refractivity (Wildman–Crippen MR) is 65.7 cm³/mol. The van der Waals surface area contributed by atoms with E-state index < -0.39 is 0 Å². The maximum atomic E-state index is 11.9. The summed E-state index contributed by atoms with van der Waals surface area (Å²) in [6.07, 6.45) is 4.93. The van der Waals surface area contributed by atoms with Crippen LogP contribution in [0, 0.1) is 0 Å². The summed E-state index contributed by atoms with van der Waals surface area (Å²) in [7, 11) is 1.78. The Labute approximate surface area is 106 Å². The fourth-order valence-corrected chi connectivity index (χ4v) is 2.00. The Bertz CT molecular complexity index is 400. The molecule has 1 aliphatic rings. The quantitative estimate of drug-likeness (QED) is 0.809. The van der Waals surface area contributed by atoms with E-state index in [4.69, 9.17) is 10.5 Å². The molecule has 1 aromatic rings. The number of amides is 1. The van der Waals surface area contributed by atoms with Crippen LogP contribution in [0.15, 0.2) is 6.33 Å². The normalized spacial score (nSPS) is 19.7. The molecule has 100 valence electrons. The van der Waals surface area contributed by atoms with Gasteiger partial charge in [-0.3, -0.25) is 4.79 Å². The summed E-state index contributed by atoms with van der Waals surface area (Å²) >= 11 is 0. The highest BCUT2D eigenvalue weighted by atomic mass is 16.5. The van der Waals surface area contributed by atoms with Gasteiger partial charge in [0.15, 0.2) is 0 Å². The fraction of sp³-hybridized carbons (Fsp3) is 0.727. The first-order valence-electron chi connectivity index (χ1n) is 6.15. The van der Waals surface area contributed by atoms with Gasteiger partial charge in [-0.2, -0.15) is 0 Å². The Kier molecular flexibility index (Phi) is 4.14. The monoisotopic (exact) mass is 253 g/mol. The highest BCUT2D eigenvalue weighted by Gasteiger charge is 2.19. The van der Waals surface area contributed by atoms with Gasteiger partial charge in [0, 0.05) is 20.2 Å². The Morgan fingerprint density at radius 2 is 2.50 bits per heavy atom. The topological polar surface area (TPSA) is 86.3 Å². The number of nitrogen functional groups attached to an aromatic ring is 1. The first kappa shape index (κ1) is 12.8. The number of carbonyl (C=O) groups excluding carboxylic acids is 1.